The minimum atomic E-state index is -0.670. The topological polar surface area (TPSA) is 110 Å². The van der Waals surface area contributed by atoms with Crippen LogP contribution in [0.15, 0.2) is 91.0 Å². The highest BCUT2D eigenvalue weighted by atomic mass is 16.5. The van der Waals surface area contributed by atoms with E-state index in [2.05, 4.69) is 20.0 Å². The second-order valence-corrected chi connectivity index (χ2v) is 11.5. The lowest BCUT2D eigenvalue weighted by Gasteiger charge is -2.33. The number of benzene rings is 3. The van der Waals surface area contributed by atoms with Crippen molar-refractivity contribution >= 4 is 0 Å². The molecule has 1 heterocycles. The number of para-hydroxylation sites is 3. The first-order valence-electron chi connectivity index (χ1n) is 16.0. The smallest absolute Gasteiger partial charge is 0.119 e. The molecule has 10 heteroatoms. The normalized spacial score (nSPS) is 18.2. The molecule has 0 radical (unpaired) electrons. The van der Waals surface area contributed by atoms with Gasteiger partial charge in [-0.1, -0.05) is 54.6 Å². The molecule has 0 spiro atoms. The summed E-state index contributed by atoms with van der Waals surface area (Å²) >= 11 is 0. The van der Waals surface area contributed by atoms with Crippen molar-refractivity contribution in [2.45, 2.75) is 18.3 Å². The molecule has 0 unspecified atom stereocenters. The van der Waals surface area contributed by atoms with Crippen LogP contribution in [0.1, 0.15) is 0 Å². The monoisotopic (exact) mass is 622 g/mol. The van der Waals surface area contributed by atoms with Crippen molar-refractivity contribution in [3.05, 3.63) is 91.0 Å². The Labute approximate surface area is 267 Å². The zero-order chi connectivity index (χ0) is 31.5. The summed E-state index contributed by atoms with van der Waals surface area (Å²) in [4.78, 5) is 6.74. The molecule has 1 aliphatic rings. The molecule has 3 atom stereocenters. The fraction of sp³-hybridized carbons (Fsp3) is 0.486. The van der Waals surface area contributed by atoms with Crippen LogP contribution < -0.4 is 19.5 Å². The molecule has 0 aromatic heterocycles. The molecule has 0 aliphatic carbocycles. The molecule has 3 aromatic carbocycles. The standard InChI is InChI=1S/C35H50N4O6/c40-30(27-43-33-10-4-1-5-11-33)24-37-18-16-36-17-19-38(25-31(41)28-44-34-12-6-2-7-13-34)21-23-39(22-20-37)26-32(42)29-45-35-14-8-3-9-15-35/h1-15,30-32,36,40-42H,16-29H2/t30-,31-,32-/m0/s1. The van der Waals surface area contributed by atoms with E-state index in [0.29, 0.717) is 32.7 Å². The minimum Gasteiger partial charge on any atom is -0.491 e. The van der Waals surface area contributed by atoms with Crippen molar-refractivity contribution in [2.75, 3.05) is 91.8 Å². The second kappa shape index (κ2) is 20.0. The van der Waals surface area contributed by atoms with Crippen LogP contribution in [0.5, 0.6) is 17.2 Å². The Hall–Kier alpha value is -3.22. The summed E-state index contributed by atoms with van der Waals surface area (Å²) < 4.78 is 17.4. The maximum Gasteiger partial charge on any atom is 0.119 e. The molecule has 4 N–H and O–H groups in total. The molecular weight excluding hydrogens is 572 g/mol. The van der Waals surface area contributed by atoms with E-state index in [1.807, 2.05) is 91.0 Å². The molecule has 1 aliphatic heterocycles. The molecule has 0 saturated carbocycles. The summed E-state index contributed by atoms with van der Waals surface area (Å²) in [7, 11) is 0. The second-order valence-electron chi connectivity index (χ2n) is 11.5. The van der Waals surface area contributed by atoms with Gasteiger partial charge in [-0.2, -0.15) is 0 Å². The van der Waals surface area contributed by atoms with Gasteiger partial charge in [-0.3, -0.25) is 14.7 Å². The number of hydrogen-bond donors (Lipinski definition) is 4. The van der Waals surface area contributed by atoms with Gasteiger partial charge in [0, 0.05) is 72.0 Å². The molecule has 1 fully saturated rings. The third-order valence-corrected chi connectivity index (χ3v) is 7.64. The van der Waals surface area contributed by atoms with E-state index in [0.717, 1.165) is 56.5 Å². The highest BCUT2D eigenvalue weighted by molar-refractivity contribution is 5.22. The van der Waals surface area contributed by atoms with Crippen LogP contribution >= 0.6 is 0 Å². The predicted molar refractivity (Wildman–Crippen MR) is 176 cm³/mol. The van der Waals surface area contributed by atoms with E-state index in [4.69, 9.17) is 14.2 Å². The first-order valence-corrected chi connectivity index (χ1v) is 16.0. The van der Waals surface area contributed by atoms with Crippen LogP contribution in [-0.2, 0) is 0 Å². The van der Waals surface area contributed by atoms with Crippen molar-refractivity contribution in [3.8, 4) is 17.2 Å². The summed E-state index contributed by atoms with van der Waals surface area (Å²) in [6.07, 6.45) is -1.94. The molecule has 0 amide bonds. The maximum absolute atomic E-state index is 10.9. The first-order chi connectivity index (χ1) is 22.0. The van der Waals surface area contributed by atoms with Gasteiger partial charge in [-0.05, 0) is 36.4 Å². The van der Waals surface area contributed by atoms with E-state index in [1.165, 1.54) is 0 Å². The van der Waals surface area contributed by atoms with Crippen LogP contribution in [0.4, 0.5) is 0 Å². The number of nitrogens with zero attached hydrogens (tertiary/aromatic N) is 3. The van der Waals surface area contributed by atoms with E-state index < -0.39 is 18.3 Å². The summed E-state index contributed by atoms with van der Waals surface area (Å²) in [6, 6.07) is 28.6. The minimum absolute atomic E-state index is 0.197. The average Bonchev–Trinajstić information content (AvgIpc) is 3.06. The van der Waals surface area contributed by atoms with E-state index >= 15 is 0 Å². The van der Waals surface area contributed by atoms with Crippen molar-refractivity contribution in [1.29, 1.82) is 0 Å². The van der Waals surface area contributed by atoms with E-state index in [9.17, 15) is 15.3 Å². The van der Waals surface area contributed by atoms with Gasteiger partial charge in [-0.25, -0.2) is 0 Å². The van der Waals surface area contributed by atoms with Gasteiger partial charge in [0.25, 0.3) is 0 Å². The number of rotatable bonds is 15. The Morgan fingerprint density at radius 1 is 0.467 bits per heavy atom. The Kier molecular flexibility index (Phi) is 15.4. The van der Waals surface area contributed by atoms with Crippen LogP contribution in [0.2, 0.25) is 0 Å². The number of ether oxygens (including phenoxy) is 3. The number of aliphatic hydroxyl groups is 3. The molecule has 4 rings (SSSR count). The number of hydrogen-bond acceptors (Lipinski definition) is 10. The molecule has 0 bridgehead atoms. The third kappa shape index (κ3) is 14.2. The molecule has 10 nitrogen and oxygen atoms in total. The summed E-state index contributed by atoms with van der Waals surface area (Å²) in [5.41, 5.74) is 0. The molecule has 246 valence electrons. The van der Waals surface area contributed by atoms with Crippen LogP contribution in [0.3, 0.4) is 0 Å². The fourth-order valence-electron chi connectivity index (χ4n) is 5.23. The number of aliphatic hydroxyl groups excluding tert-OH is 3. The van der Waals surface area contributed by atoms with Gasteiger partial charge < -0.3 is 34.8 Å². The summed E-state index contributed by atoms with van der Waals surface area (Å²) in [6.45, 7) is 8.02. The number of nitrogens with one attached hydrogen (secondary N) is 1. The SMILES string of the molecule is O[C@H](COc1ccccc1)CN1CCNCCN(C[C@H](O)COc2ccccc2)CCN(C[C@H](O)COc2ccccc2)CC1. The van der Waals surface area contributed by atoms with Crippen LogP contribution in [0.25, 0.3) is 0 Å². The summed E-state index contributed by atoms with van der Waals surface area (Å²) in [5.74, 6) is 2.21. The lowest BCUT2D eigenvalue weighted by atomic mass is 10.2. The Morgan fingerprint density at radius 3 is 1.07 bits per heavy atom. The van der Waals surface area contributed by atoms with E-state index in [1.54, 1.807) is 0 Å². The Morgan fingerprint density at radius 2 is 0.756 bits per heavy atom. The van der Waals surface area contributed by atoms with Crippen molar-refractivity contribution in [2.24, 2.45) is 0 Å². The fourth-order valence-corrected chi connectivity index (χ4v) is 5.23. The van der Waals surface area contributed by atoms with Crippen molar-refractivity contribution < 1.29 is 29.5 Å². The largest absolute Gasteiger partial charge is 0.491 e. The third-order valence-electron chi connectivity index (χ3n) is 7.64. The average molecular weight is 623 g/mol. The van der Waals surface area contributed by atoms with Gasteiger partial charge in [0.2, 0.25) is 0 Å². The molecule has 1 saturated heterocycles. The van der Waals surface area contributed by atoms with Gasteiger partial charge in [0.1, 0.15) is 55.4 Å². The van der Waals surface area contributed by atoms with Gasteiger partial charge in [0.05, 0.1) is 0 Å². The highest BCUT2D eigenvalue weighted by Crippen LogP contribution is 2.11. The quantitative estimate of drug-likeness (QED) is 0.200. The molecule has 45 heavy (non-hydrogen) atoms. The molecule has 3 aromatic rings. The lowest BCUT2D eigenvalue weighted by molar-refractivity contribution is 0.0390. The number of β-amino-alcohol motifs (C(OH)–C–C–N with tert-alkyl or cyclic N) is 3. The Bertz CT molecular complexity index is 1100. The highest BCUT2D eigenvalue weighted by Gasteiger charge is 2.20. The van der Waals surface area contributed by atoms with Crippen LogP contribution in [-0.4, -0.2) is 140 Å². The summed E-state index contributed by atoms with van der Waals surface area (Å²) in [5, 5.41) is 36.0. The van der Waals surface area contributed by atoms with Gasteiger partial charge in [-0.15, -0.1) is 0 Å². The van der Waals surface area contributed by atoms with Gasteiger partial charge >= 0.3 is 0 Å². The van der Waals surface area contributed by atoms with Crippen molar-refractivity contribution in [1.82, 2.24) is 20.0 Å². The predicted octanol–water partition coefficient (Wildman–Crippen LogP) is 1.82. The molecular formula is C35H50N4O6. The lowest BCUT2D eigenvalue weighted by Crippen LogP contribution is -2.49. The van der Waals surface area contributed by atoms with Gasteiger partial charge in [0.15, 0.2) is 0 Å². The van der Waals surface area contributed by atoms with Crippen molar-refractivity contribution in [3.63, 3.8) is 0 Å². The zero-order valence-corrected chi connectivity index (χ0v) is 26.2. The van der Waals surface area contributed by atoms with E-state index in [-0.39, 0.29) is 19.8 Å². The van der Waals surface area contributed by atoms with Crippen LogP contribution in [0, 0.1) is 0 Å². The Balaban J connectivity index is 1.32. The maximum atomic E-state index is 10.9. The zero-order valence-electron chi connectivity index (χ0n) is 26.2. The first kappa shape index (κ1) is 34.6.